The molecule has 0 radical (unpaired) electrons. The molecule has 5 nitrogen and oxygen atoms in total. The molecule has 0 N–H and O–H groups in total. The maximum Gasteiger partial charge on any atom is 0.164 e. The highest BCUT2D eigenvalue weighted by Crippen LogP contribution is 2.39. The summed E-state index contributed by atoms with van der Waals surface area (Å²) in [6.45, 7) is 0. The Labute approximate surface area is 287 Å². The maximum absolute atomic E-state index is 6.33. The maximum atomic E-state index is 6.33. The number of benzene rings is 7. The van der Waals surface area contributed by atoms with Gasteiger partial charge in [-0.3, -0.25) is 0 Å². The van der Waals surface area contributed by atoms with Crippen LogP contribution < -0.4 is 0 Å². The summed E-state index contributed by atoms with van der Waals surface area (Å²) >= 11 is 0. The van der Waals surface area contributed by atoms with Gasteiger partial charge >= 0.3 is 0 Å². The molecule has 0 spiro atoms. The molecule has 0 fully saturated rings. The molecular formula is C45H27N3O2. The molecule has 234 valence electrons. The summed E-state index contributed by atoms with van der Waals surface area (Å²) in [5.74, 6) is 1.83. The standard InChI is InChI=1S/C45H27N3O2/c1-2-11-29(12-3-1)43-46-44(30-25-23-28(24-26-30)34-18-9-19-36-35-15-4-6-20-38(35)50-42(34)36)48-45(47-43)32-14-8-13-31(27-32)33-17-10-22-40-41(33)37-16-5-7-21-39(37)49-40/h1-27H. The summed E-state index contributed by atoms with van der Waals surface area (Å²) in [5.41, 5.74) is 10.5. The molecule has 0 amide bonds. The van der Waals surface area contributed by atoms with Crippen LogP contribution in [-0.2, 0) is 0 Å². The minimum absolute atomic E-state index is 0.607. The third-order valence-electron chi connectivity index (χ3n) is 9.36. The van der Waals surface area contributed by atoms with Gasteiger partial charge in [-0.25, -0.2) is 15.0 Å². The predicted octanol–water partition coefficient (Wildman–Crippen LogP) is 12.0. The zero-order valence-corrected chi connectivity index (χ0v) is 26.7. The third kappa shape index (κ3) is 4.67. The Kier molecular flexibility index (Phi) is 6.42. The van der Waals surface area contributed by atoms with Crippen molar-refractivity contribution in [2.75, 3.05) is 0 Å². The van der Waals surface area contributed by atoms with Gasteiger partial charge in [-0.2, -0.15) is 0 Å². The van der Waals surface area contributed by atoms with E-state index in [1.54, 1.807) is 0 Å². The highest BCUT2D eigenvalue weighted by atomic mass is 16.3. The van der Waals surface area contributed by atoms with E-state index in [1.807, 2.05) is 78.9 Å². The van der Waals surface area contributed by atoms with Crippen LogP contribution >= 0.6 is 0 Å². The van der Waals surface area contributed by atoms with Gasteiger partial charge in [-0.1, -0.05) is 140 Å². The molecule has 0 aliphatic carbocycles. The number of rotatable bonds is 5. The number of aromatic nitrogens is 3. The lowest BCUT2D eigenvalue weighted by molar-refractivity contribution is 0.669. The first-order valence-corrected chi connectivity index (χ1v) is 16.6. The van der Waals surface area contributed by atoms with Gasteiger partial charge in [0.05, 0.1) is 0 Å². The summed E-state index contributed by atoms with van der Waals surface area (Å²) < 4.78 is 12.5. The summed E-state index contributed by atoms with van der Waals surface area (Å²) in [7, 11) is 0. The largest absolute Gasteiger partial charge is 0.456 e. The minimum atomic E-state index is 0.607. The molecular weight excluding hydrogens is 615 g/mol. The lowest BCUT2D eigenvalue weighted by Crippen LogP contribution is -2.00. The van der Waals surface area contributed by atoms with Crippen molar-refractivity contribution in [2.45, 2.75) is 0 Å². The molecule has 0 aliphatic heterocycles. The van der Waals surface area contributed by atoms with E-state index in [0.717, 1.165) is 82.8 Å². The first kappa shape index (κ1) is 28.2. The highest BCUT2D eigenvalue weighted by Gasteiger charge is 2.17. The third-order valence-corrected chi connectivity index (χ3v) is 9.36. The van der Waals surface area contributed by atoms with Crippen molar-refractivity contribution in [3.63, 3.8) is 0 Å². The van der Waals surface area contributed by atoms with Gasteiger partial charge < -0.3 is 8.83 Å². The first-order valence-electron chi connectivity index (χ1n) is 16.6. The van der Waals surface area contributed by atoms with Crippen LogP contribution in [0.1, 0.15) is 0 Å². The van der Waals surface area contributed by atoms with Crippen molar-refractivity contribution in [2.24, 2.45) is 0 Å². The van der Waals surface area contributed by atoms with E-state index in [9.17, 15) is 0 Å². The van der Waals surface area contributed by atoms with Crippen molar-refractivity contribution >= 4 is 43.9 Å². The van der Waals surface area contributed by atoms with E-state index in [4.69, 9.17) is 23.8 Å². The Morgan fingerprint density at radius 1 is 0.320 bits per heavy atom. The van der Waals surface area contributed by atoms with Crippen LogP contribution in [0.5, 0.6) is 0 Å². The summed E-state index contributed by atoms with van der Waals surface area (Å²) in [5, 5.41) is 4.42. The molecule has 7 aromatic carbocycles. The number of para-hydroxylation sites is 3. The summed E-state index contributed by atoms with van der Waals surface area (Å²) in [6, 6.07) is 55.7. The zero-order chi connectivity index (χ0) is 33.0. The fourth-order valence-corrected chi connectivity index (χ4v) is 6.96. The monoisotopic (exact) mass is 641 g/mol. The van der Waals surface area contributed by atoms with Crippen LogP contribution in [0.4, 0.5) is 0 Å². The van der Waals surface area contributed by atoms with Crippen LogP contribution in [-0.4, -0.2) is 15.0 Å². The number of nitrogens with zero attached hydrogens (tertiary/aromatic N) is 3. The van der Waals surface area contributed by atoms with E-state index in [0.29, 0.717) is 17.5 Å². The first-order chi connectivity index (χ1) is 24.8. The molecule has 0 bridgehead atoms. The van der Waals surface area contributed by atoms with Crippen molar-refractivity contribution in [1.82, 2.24) is 15.0 Å². The number of hydrogen-bond donors (Lipinski definition) is 0. The average molecular weight is 642 g/mol. The second-order valence-corrected chi connectivity index (χ2v) is 12.4. The molecule has 0 atom stereocenters. The number of furan rings is 2. The van der Waals surface area contributed by atoms with Crippen LogP contribution in [0, 0.1) is 0 Å². The lowest BCUT2D eigenvalue weighted by atomic mass is 9.98. The smallest absolute Gasteiger partial charge is 0.164 e. The Morgan fingerprint density at radius 3 is 1.64 bits per heavy atom. The minimum Gasteiger partial charge on any atom is -0.456 e. The van der Waals surface area contributed by atoms with Gasteiger partial charge in [-0.15, -0.1) is 0 Å². The Hall–Kier alpha value is -6.85. The summed E-state index contributed by atoms with van der Waals surface area (Å²) in [6.07, 6.45) is 0. The van der Waals surface area contributed by atoms with E-state index in [1.165, 1.54) is 0 Å². The van der Waals surface area contributed by atoms with Gasteiger partial charge in [0.1, 0.15) is 22.3 Å². The van der Waals surface area contributed by atoms with E-state index in [2.05, 4.69) is 84.9 Å². The van der Waals surface area contributed by atoms with E-state index >= 15 is 0 Å². The summed E-state index contributed by atoms with van der Waals surface area (Å²) in [4.78, 5) is 15.0. The van der Waals surface area contributed by atoms with Gasteiger partial charge in [0.2, 0.25) is 0 Å². The molecule has 3 aromatic heterocycles. The lowest BCUT2D eigenvalue weighted by Gasteiger charge is -2.11. The fourth-order valence-electron chi connectivity index (χ4n) is 6.96. The van der Waals surface area contributed by atoms with Crippen LogP contribution in [0.2, 0.25) is 0 Å². The van der Waals surface area contributed by atoms with Crippen LogP contribution in [0.3, 0.4) is 0 Å². The van der Waals surface area contributed by atoms with Gasteiger partial charge in [0, 0.05) is 43.8 Å². The van der Waals surface area contributed by atoms with Crippen molar-refractivity contribution < 1.29 is 8.83 Å². The van der Waals surface area contributed by atoms with E-state index in [-0.39, 0.29) is 0 Å². The van der Waals surface area contributed by atoms with Gasteiger partial charge in [0.15, 0.2) is 17.5 Å². The molecule has 50 heavy (non-hydrogen) atoms. The fraction of sp³-hybridized carbons (Fsp3) is 0. The Balaban J connectivity index is 1.08. The second-order valence-electron chi connectivity index (χ2n) is 12.4. The Bertz CT molecular complexity index is 2870. The van der Waals surface area contributed by atoms with Crippen molar-refractivity contribution in [1.29, 1.82) is 0 Å². The zero-order valence-electron chi connectivity index (χ0n) is 26.7. The number of fused-ring (bicyclic) bond motifs is 6. The topological polar surface area (TPSA) is 65.0 Å². The molecule has 0 aliphatic rings. The van der Waals surface area contributed by atoms with Crippen molar-refractivity contribution in [3.8, 4) is 56.4 Å². The molecule has 10 aromatic rings. The SMILES string of the molecule is c1ccc(-c2nc(-c3ccc(-c4cccc5c4oc4ccccc45)cc3)nc(-c3cccc(-c4cccc5oc6ccccc6c45)c3)n2)cc1. The molecule has 0 saturated carbocycles. The second kappa shape index (κ2) is 11.4. The van der Waals surface area contributed by atoms with Crippen LogP contribution in [0.25, 0.3) is 100 Å². The normalized spacial score (nSPS) is 11.6. The molecule has 0 saturated heterocycles. The molecule has 0 unspecified atom stereocenters. The van der Waals surface area contributed by atoms with Crippen molar-refractivity contribution in [3.05, 3.63) is 164 Å². The molecule has 5 heteroatoms. The van der Waals surface area contributed by atoms with Gasteiger partial charge in [0.25, 0.3) is 0 Å². The highest BCUT2D eigenvalue weighted by molar-refractivity contribution is 6.12. The van der Waals surface area contributed by atoms with Crippen LogP contribution in [0.15, 0.2) is 173 Å². The van der Waals surface area contributed by atoms with E-state index < -0.39 is 0 Å². The van der Waals surface area contributed by atoms with Gasteiger partial charge in [-0.05, 0) is 41.0 Å². The number of hydrogen-bond acceptors (Lipinski definition) is 5. The molecule has 3 heterocycles. The quantitative estimate of drug-likeness (QED) is 0.187. The average Bonchev–Trinajstić information content (AvgIpc) is 3.77. The predicted molar refractivity (Wildman–Crippen MR) is 202 cm³/mol. The Morgan fingerprint density at radius 2 is 0.840 bits per heavy atom. The molecule has 10 rings (SSSR count).